The van der Waals surface area contributed by atoms with Gasteiger partial charge in [0.1, 0.15) is 5.57 Å². The Labute approximate surface area is 248 Å². The van der Waals surface area contributed by atoms with Crippen molar-refractivity contribution >= 4 is 52.5 Å². The number of hydrogen-bond acceptors (Lipinski definition) is 3. The van der Waals surface area contributed by atoms with Crippen LogP contribution in [0.15, 0.2) is 121 Å². The minimum absolute atomic E-state index is 0.00750. The summed E-state index contributed by atoms with van der Waals surface area (Å²) in [7, 11) is 0. The van der Waals surface area contributed by atoms with Crippen molar-refractivity contribution in [2.75, 3.05) is 4.90 Å². The Balaban J connectivity index is 1.61. The van der Waals surface area contributed by atoms with Crippen LogP contribution in [0.5, 0.6) is 0 Å². The van der Waals surface area contributed by atoms with Crippen molar-refractivity contribution < 1.29 is 9.59 Å². The number of para-hydroxylation sites is 1. The molecule has 0 radical (unpaired) electrons. The van der Waals surface area contributed by atoms with Gasteiger partial charge in [-0.1, -0.05) is 90.5 Å². The van der Waals surface area contributed by atoms with Gasteiger partial charge in [0.25, 0.3) is 11.8 Å². The number of aryl methyl sites for hydroxylation is 1. The summed E-state index contributed by atoms with van der Waals surface area (Å²) >= 11 is 11.7. The SMILES string of the molecule is Cc1ccccc1N1C(=O)/C(=C\c2cc(-c3ccccc3)n(-c3ccc(Cl)cc3)c2-c2ccccc2)C(=O)NC1=S. The molecule has 5 aromatic rings. The second-order valence-electron chi connectivity index (χ2n) is 9.62. The fourth-order valence-corrected chi connectivity index (χ4v) is 5.46. The van der Waals surface area contributed by atoms with Gasteiger partial charge in [0.2, 0.25) is 0 Å². The largest absolute Gasteiger partial charge is 0.309 e. The minimum Gasteiger partial charge on any atom is -0.309 e. The van der Waals surface area contributed by atoms with E-state index in [1.165, 1.54) is 4.90 Å². The van der Waals surface area contributed by atoms with E-state index in [0.717, 1.165) is 33.8 Å². The molecule has 0 spiro atoms. The first-order valence-corrected chi connectivity index (χ1v) is 13.8. The van der Waals surface area contributed by atoms with Crippen LogP contribution in [0.25, 0.3) is 34.3 Å². The van der Waals surface area contributed by atoms with Crippen molar-refractivity contribution in [2.24, 2.45) is 0 Å². The van der Waals surface area contributed by atoms with Crippen LogP contribution in [0.1, 0.15) is 11.1 Å². The molecule has 0 saturated carbocycles. The molecule has 5 nitrogen and oxygen atoms in total. The molecular formula is C34H24ClN3O2S. The summed E-state index contributed by atoms with van der Waals surface area (Å²) < 4.78 is 2.13. The molecule has 0 bridgehead atoms. The fourth-order valence-electron chi connectivity index (χ4n) is 5.06. The van der Waals surface area contributed by atoms with Crippen LogP contribution < -0.4 is 10.2 Å². The minimum atomic E-state index is -0.538. The zero-order valence-electron chi connectivity index (χ0n) is 22.0. The van der Waals surface area contributed by atoms with Gasteiger partial charge in [-0.25, -0.2) is 0 Å². The zero-order chi connectivity index (χ0) is 28.5. The standard InChI is InChI=1S/C34H24ClN3O2S/c1-22-10-8-9-15-29(22)38-33(40)28(32(39)36-34(38)41)20-25-21-30(23-11-4-2-5-12-23)37(27-18-16-26(35)17-19-27)31(25)24-13-6-3-7-14-24/h2-21H,1H3,(H,36,39,41)/b28-20-. The Bertz CT molecular complexity index is 1830. The van der Waals surface area contributed by atoms with E-state index in [1.807, 2.05) is 122 Å². The number of hydrogen-bond donors (Lipinski definition) is 1. The van der Waals surface area contributed by atoms with Crippen molar-refractivity contribution in [2.45, 2.75) is 6.92 Å². The highest BCUT2D eigenvalue weighted by molar-refractivity contribution is 7.80. The van der Waals surface area contributed by atoms with Gasteiger partial charge in [0.05, 0.1) is 17.1 Å². The van der Waals surface area contributed by atoms with Crippen molar-refractivity contribution in [3.05, 3.63) is 137 Å². The molecule has 1 aliphatic rings. The number of carbonyl (C=O) groups excluding carboxylic acids is 2. The summed E-state index contributed by atoms with van der Waals surface area (Å²) in [6.45, 7) is 1.90. The quantitative estimate of drug-likeness (QED) is 0.134. The molecule has 2 heterocycles. The molecule has 41 heavy (non-hydrogen) atoms. The average Bonchev–Trinajstić information content (AvgIpc) is 3.36. The Morgan fingerprint density at radius 2 is 1.39 bits per heavy atom. The summed E-state index contributed by atoms with van der Waals surface area (Å²) in [5.74, 6) is -1.02. The molecule has 7 heteroatoms. The summed E-state index contributed by atoms with van der Waals surface area (Å²) in [5, 5.41) is 3.40. The third-order valence-electron chi connectivity index (χ3n) is 6.99. The number of aromatic nitrogens is 1. The maximum absolute atomic E-state index is 13.9. The second-order valence-corrected chi connectivity index (χ2v) is 10.4. The van der Waals surface area contributed by atoms with Gasteiger partial charge in [0.15, 0.2) is 5.11 Å². The smallest absolute Gasteiger partial charge is 0.270 e. The van der Waals surface area contributed by atoms with Crippen LogP contribution in [0.4, 0.5) is 5.69 Å². The highest BCUT2D eigenvalue weighted by Crippen LogP contribution is 2.38. The summed E-state index contributed by atoms with van der Waals surface area (Å²) in [4.78, 5) is 28.6. The van der Waals surface area contributed by atoms with E-state index in [2.05, 4.69) is 9.88 Å². The van der Waals surface area contributed by atoms with Crippen LogP contribution >= 0.6 is 23.8 Å². The number of anilines is 1. The van der Waals surface area contributed by atoms with E-state index in [-0.39, 0.29) is 10.7 Å². The molecule has 1 fully saturated rings. The molecule has 0 aliphatic carbocycles. The van der Waals surface area contributed by atoms with Crippen molar-refractivity contribution in [1.82, 2.24) is 9.88 Å². The number of amides is 2. The molecule has 0 atom stereocenters. The predicted octanol–water partition coefficient (Wildman–Crippen LogP) is 7.60. The first-order chi connectivity index (χ1) is 19.9. The maximum Gasteiger partial charge on any atom is 0.270 e. The molecule has 1 N–H and O–H groups in total. The highest BCUT2D eigenvalue weighted by Gasteiger charge is 2.35. The molecule has 6 rings (SSSR count). The van der Waals surface area contributed by atoms with Crippen molar-refractivity contribution in [3.63, 3.8) is 0 Å². The van der Waals surface area contributed by atoms with Gasteiger partial charge >= 0.3 is 0 Å². The van der Waals surface area contributed by atoms with Gasteiger partial charge in [-0.05, 0) is 78.3 Å². The van der Waals surface area contributed by atoms with E-state index in [9.17, 15) is 9.59 Å². The van der Waals surface area contributed by atoms with E-state index in [1.54, 1.807) is 6.08 Å². The monoisotopic (exact) mass is 573 g/mol. The molecule has 0 unspecified atom stereocenters. The fraction of sp³-hybridized carbons (Fsp3) is 0.0294. The molecule has 4 aromatic carbocycles. The molecule has 200 valence electrons. The number of halogens is 1. The van der Waals surface area contributed by atoms with Gasteiger partial charge in [0, 0.05) is 16.3 Å². The summed E-state index contributed by atoms with van der Waals surface area (Å²) in [5.41, 5.74) is 6.71. The normalized spacial score (nSPS) is 14.4. The van der Waals surface area contributed by atoms with E-state index in [0.29, 0.717) is 16.3 Å². The number of nitrogens with one attached hydrogen (secondary N) is 1. The molecular weight excluding hydrogens is 550 g/mol. The Kier molecular flexibility index (Phi) is 7.10. The number of carbonyl (C=O) groups is 2. The van der Waals surface area contributed by atoms with Crippen molar-refractivity contribution in [3.8, 4) is 28.2 Å². The molecule has 1 aliphatic heterocycles. The van der Waals surface area contributed by atoms with Gasteiger partial charge < -0.3 is 4.57 Å². The third kappa shape index (κ3) is 4.99. The van der Waals surface area contributed by atoms with Crippen LogP contribution in [0, 0.1) is 6.92 Å². The third-order valence-corrected chi connectivity index (χ3v) is 7.53. The topological polar surface area (TPSA) is 54.3 Å². The molecule has 2 amide bonds. The predicted molar refractivity (Wildman–Crippen MR) is 169 cm³/mol. The maximum atomic E-state index is 13.9. The number of nitrogens with zero attached hydrogens (tertiary/aromatic N) is 2. The number of benzene rings is 4. The van der Waals surface area contributed by atoms with Crippen LogP contribution in [0.2, 0.25) is 5.02 Å². The lowest BCUT2D eigenvalue weighted by molar-refractivity contribution is -0.122. The lowest BCUT2D eigenvalue weighted by Gasteiger charge is -2.30. The van der Waals surface area contributed by atoms with Gasteiger partial charge in [-0.3, -0.25) is 19.8 Å². The molecule has 1 saturated heterocycles. The summed E-state index contributed by atoms with van der Waals surface area (Å²) in [6, 6.07) is 36.9. The van der Waals surface area contributed by atoms with E-state index >= 15 is 0 Å². The lowest BCUT2D eigenvalue weighted by atomic mass is 10.0. The van der Waals surface area contributed by atoms with E-state index in [4.69, 9.17) is 23.8 Å². The highest BCUT2D eigenvalue weighted by atomic mass is 35.5. The lowest BCUT2D eigenvalue weighted by Crippen LogP contribution is -2.54. The first kappa shape index (κ1) is 26.4. The van der Waals surface area contributed by atoms with Crippen LogP contribution in [-0.4, -0.2) is 21.5 Å². The Hall–Kier alpha value is -4.78. The molecule has 1 aromatic heterocycles. The van der Waals surface area contributed by atoms with Gasteiger partial charge in [-0.2, -0.15) is 0 Å². The van der Waals surface area contributed by atoms with E-state index < -0.39 is 11.8 Å². The number of rotatable bonds is 5. The average molecular weight is 574 g/mol. The van der Waals surface area contributed by atoms with Crippen LogP contribution in [0.3, 0.4) is 0 Å². The second kappa shape index (κ2) is 11.0. The van der Waals surface area contributed by atoms with Gasteiger partial charge in [-0.15, -0.1) is 0 Å². The zero-order valence-corrected chi connectivity index (χ0v) is 23.6. The number of thiocarbonyl (C=S) groups is 1. The first-order valence-electron chi connectivity index (χ1n) is 13.0. The van der Waals surface area contributed by atoms with Crippen molar-refractivity contribution in [1.29, 1.82) is 0 Å². The van der Waals surface area contributed by atoms with Crippen LogP contribution in [-0.2, 0) is 9.59 Å². The Morgan fingerprint density at radius 1 is 0.780 bits per heavy atom. The Morgan fingerprint density at radius 3 is 2.05 bits per heavy atom. The summed E-state index contributed by atoms with van der Waals surface area (Å²) in [6.07, 6.45) is 1.66.